The first-order valence-electron chi connectivity index (χ1n) is 8.10. The smallest absolute Gasteiger partial charge is 0.496 e. The standard InChI is InChI=1S/C19H20F4O3/c1-3-14(15-6-4-5-7-17(15)26-19(21,22)23)16(24)10-12-8-9-13(20)11-18(12)25-2/h4-9,11,14,16,24H,3,10H2,1-2H3. The largest absolute Gasteiger partial charge is 0.573 e. The molecule has 0 aliphatic rings. The molecule has 2 atom stereocenters. The summed E-state index contributed by atoms with van der Waals surface area (Å²) in [5.41, 5.74) is 0.829. The Morgan fingerprint density at radius 2 is 1.77 bits per heavy atom. The van der Waals surface area contributed by atoms with E-state index in [2.05, 4.69) is 4.74 Å². The Balaban J connectivity index is 2.29. The summed E-state index contributed by atoms with van der Waals surface area (Å²) in [6.45, 7) is 1.76. The van der Waals surface area contributed by atoms with Gasteiger partial charge in [-0.05, 0) is 24.1 Å². The van der Waals surface area contributed by atoms with Gasteiger partial charge in [0, 0.05) is 24.0 Å². The van der Waals surface area contributed by atoms with Crippen molar-refractivity contribution in [1.29, 1.82) is 0 Å². The fourth-order valence-electron chi connectivity index (χ4n) is 2.96. The molecule has 142 valence electrons. The summed E-state index contributed by atoms with van der Waals surface area (Å²) in [7, 11) is 1.38. The molecular formula is C19H20F4O3. The van der Waals surface area contributed by atoms with Gasteiger partial charge in [0.05, 0.1) is 13.2 Å². The summed E-state index contributed by atoms with van der Waals surface area (Å²) in [6.07, 6.45) is -5.33. The van der Waals surface area contributed by atoms with Gasteiger partial charge in [-0.25, -0.2) is 4.39 Å². The van der Waals surface area contributed by atoms with Crippen LogP contribution in [-0.4, -0.2) is 24.7 Å². The molecule has 2 aromatic rings. The van der Waals surface area contributed by atoms with Crippen molar-refractivity contribution in [2.75, 3.05) is 7.11 Å². The first kappa shape index (κ1) is 20.0. The minimum Gasteiger partial charge on any atom is -0.496 e. The van der Waals surface area contributed by atoms with Crippen molar-refractivity contribution in [3.63, 3.8) is 0 Å². The van der Waals surface area contributed by atoms with Crippen LogP contribution < -0.4 is 9.47 Å². The van der Waals surface area contributed by atoms with Gasteiger partial charge in [0.2, 0.25) is 0 Å². The van der Waals surface area contributed by atoms with Crippen LogP contribution in [0.15, 0.2) is 42.5 Å². The molecule has 0 radical (unpaired) electrons. The van der Waals surface area contributed by atoms with E-state index in [0.29, 0.717) is 12.0 Å². The molecule has 0 aliphatic carbocycles. The molecule has 0 fully saturated rings. The van der Waals surface area contributed by atoms with E-state index in [1.54, 1.807) is 13.0 Å². The molecule has 0 spiro atoms. The van der Waals surface area contributed by atoms with Crippen LogP contribution in [0, 0.1) is 5.82 Å². The number of rotatable bonds is 7. The first-order valence-corrected chi connectivity index (χ1v) is 8.10. The van der Waals surface area contributed by atoms with Gasteiger partial charge < -0.3 is 14.6 Å². The second-order valence-electron chi connectivity index (χ2n) is 5.83. The Morgan fingerprint density at radius 3 is 2.38 bits per heavy atom. The summed E-state index contributed by atoms with van der Waals surface area (Å²) in [6, 6.07) is 9.67. The minimum atomic E-state index is -4.82. The lowest BCUT2D eigenvalue weighted by Gasteiger charge is -2.25. The van der Waals surface area contributed by atoms with E-state index in [1.807, 2.05) is 0 Å². The monoisotopic (exact) mass is 372 g/mol. The molecule has 3 nitrogen and oxygen atoms in total. The molecule has 7 heteroatoms. The van der Waals surface area contributed by atoms with Gasteiger partial charge in [-0.3, -0.25) is 0 Å². The number of benzene rings is 2. The zero-order valence-corrected chi connectivity index (χ0v) is 14.4. The van der Waals surface area contributed by atoms with Gasteiger partial charge in [-0.2, -0.15) is 0 Å². The summed E-state index contributed by atoms with van der Waals surface area (Å²) in [5.74, 6) is -1.13. The number of aliphatic hydroxyl groups excluding tert-OH is 1. The van der Waals surface area contributed by atoms with Crippen LogP contribution in [0.4, 0.5) is 17.6 Å². The molecule has 26 heavy (non-hydrogen) atoms. The lowest BCUT2D eigenvalue weighted by molar-refractivity contribution is -0.275. The highest BCUT2D eigenvalue weighted by molar-refractivity contribution is 5.39. The molecule has 1 N–H and O–H groups in total. The number of methoxy groups -OCH3 is 1. The SMILES string of the molecule is CCC(c1ccccc1OC(F)(F)F)C(O)Cc1ccc(F)cc1OC. The van der Waals surface area contributed by atoms with Crippen molar-refractivity contribution in [3.8, 4) is 11.5 Å². The third kappa shape index (κ3) is 5.11. The van der Waals surface area contributed by atoms with E-state index in [4.69, 9.17) is 4.74 Å². The Morgan fingerprint density at radius 1 is 1.08 bits per heavy atom. The highest BCUT2D eigenvalue weighted by atomic mass is 19.4. The van der Waals surface area contributed by atoms with Gasteiger partial charge in [0.25, 0.3) is 0 Å². The molecule has 0 saturated carbocycles. The summed E-state index contributed by atoms with van der Waals surface area (Å²) in [5, 5.41) is 10.6. The second-order valence-corrected chi connectivity index (χ2v) is 5.83. The number of hydrogen-bond donors (Lipinski definition) is 1. The number of halogens is 4. The van der Waals surface area contributed by atoms with Crippen molar-refractivity contribution >= 4 is 0 Å². The topological polar surface area (TPSA) is 38.7 Å². The van der Waals surface area contributed by atoms with Crippen LogP contribution >= 0.6 is 0 Å². The van der Waals surface area contributed by atoms with E-state index >= 15 is 0 Å². The van der Waals surface area contributed by atoms with Crippen LogP contribution in [0.3, 0.4) is 0 Å². The van der Waals surface area contributed by atoms with Crippen LogP contribution in [0.2, 0.25) is 0 Å². The van der Waals surface area contributed by atoms with E-state index < -0.39 is 24.2 Å². The zero-order valence-electron chi connectivity index (χ0n) is 14.4. The predicted molar refractivity (Wildman–Crippen MR) is 88.8 cm³/mol. The van der Waals surface area contributed by atoms with Gasteiger partial charge >= 0.3 is 6.36 Å². The number of aliphatic hydroxyl groups is 1. The number of alkyl halides is 3. The molecule has 2 rings (SSSR count). The third-order valence-electron chi connectivity index (χ3n) is 4.13. The average molecular weight is 372 g/mol. The minimum absolute atomic E-state index is 0.0995. The molecule has 2 aromatic carbocycles. The van der Waals surface area contributed by atoms with Crippen molar-refractivity contribution in [2.45, 2.75) is 38.1 Å². The fraction of sp³-hybridized carbons (Fsp3) is 0.368. The van der Waals surface area contributed by atoms with Crippen LogP contribution in [0.5, 0.6) is 11.5 Å². The van der Waals surface area contributed by atoms with Crippen molar-refractivity contribution in [2.24, 2.45) is 0 Å². The maximum Gasteiger partial charge on any atom is 0.573 e. The molecule has 0 amide bonds. The highest BCUT2D eigenvalue weighted by Gasteiger charge is 2.33. The fourth-order valence-corrected chi connectivity index (χ4v) is 2.96. The van der Waals surface area contributed by atoms with Gasteiger partial charge in [-0.1, -0.05) is 31.2 Å². The van der Waals surface area contributed by atoms with Crippen LogP contribution in [0.1, 0.15) is 30.4 Å². The molecule has 0 bridgehead atoms. The van der Waals surface area contributed by atoms with E-state index in [9.17, 15) is 22.7 Å². The van der Waals surface area contributed by atoms with Crippen molar-refractivity contribution in [3.05, 3.63) is 59.4 Å². The summed E-state index contributed by atoms with van der Waals surface area (Å²) >= 11 is 0. The highest BCUT2D eigenvalue weighted by Crippen LogP contribution is 2.36. The third-order valence-corrected chi connectivity index (χ3v) is 4.13. The van der Waals surface area contributed by atoms with E-state index in [0.717, 1.165) is 0 Å². The molecule has 2 unspecified atom stereocenters. The first-order chi connectivity index (χ1) is 12.2. The molecule has 0 saturated heterocycles. The molecule has 0 heterocycles. The van der Waals surface area contributed by atoms with E-state index in [1.165, 1.54) is 43.5 Å². The van der Waals surface area contributed by atoms with Crippen molar-refractivity contribution in [1.82, 2.24) is 0 Å². The van der Waals surface area contributed by atoms with Crippen molar-refractivity contribution < 1.29 is 32.1 Å². The Labute approximate surface area is 149 Å². The van der Waals surface area contributed by atoms with Gasteiger partial charge in [0.1, 0.15) is 17.3 Å². The maximum atomic E-state index is 13.3. The van der Waals surface area contributed by atoms with Crippen LogP contribution in [0.25, 0.3) is 0 Å². The predicted octanol–water partition coefficient (Wildman–Crippen LogP) is 4.83. The number of hydrogen-bond acceptors (Lipinski definition) is 3. The van der Waals surface area contributed by atoms with Crippen LogP contribution in [-0.2, 0) is 6.42 Å². The van der Waals surface area contributed by atoms with Gasteiger partial charge in [0.15, 0.2) is 0 Å². The lowest BCUT2D eigenvalue weighted by Crippen LogP contribution is -2.24. The summed E-state index contributed by atoms with van der Waals surface area (Å²) < 4.78 is 60.4. The number of ether oxygens (including phenoxy) is 2. The molecular weight excluding hydrogens is 352 g/mol. The Kier molecular flexibility index (Phi) is 6.47. The van der Waals surface area contributed by atoms with Gasteiger partial charge in [-0.15, -0.1) is 13.2 Å². The van der Waals surface area contributed by atoms with E-state index in [-0.39, 0.29) is 23.5 Å². The average Bonchev–Trinajstić information content (AvgIpc) is 2.57. The quantitative estimate of drug-likeness (QED) is 0.708. The Bertz CT molecular complexity index is 731. The maximum absolute atomic E-state index is 13.3. The Hall–Kier alpha value is -2.28. The molecule has 0 aromatic heterocycles. The molecule has 0 aliphatic heterocycles. The second kappa shape index (κ2) is 8.40. The zero-order chi connectivity index (χ0) is 19.3. The summed E-state index contributed by atoms with van der Waals surface area (Å²) in [4.78, 5) is 0. The lowest BCUT2D eigenvalue weighted by atomic mass is 9.87. The normalized spacial score (nSPS) is 14.0. The number of para-hydroxylation sites is 1.